The van der Waals surface area contributed by atoms with Crippen LogP contribution in [-0.2, 0) is 0 Å². The summed E-state index contributed by atoms with van der Waals surface area (Å²) in [5.74, 6) is 0. The summed E-state index contributed by atoms with van der Waals surface area (Å²) in [5, 5.41) is 10.1. The van der Waals surface area contributed by atoms with Crippen LogP contribution >= 0.6 is 0 Å². The van der Waals surface area contributed by atoms with E-state index in [2.05, 4.69) is 67.3 Å². The number of nitrogens with zero attached hydrogens (tertiary/aromatic N) is 3. The molecule has 0 saturated carbocycles. The Morgan fingerprint density at radius 3 is 2.48 bits per heavy atom. The van der Waals surface area contributed by atoms with Gasteiger partial charge in [-0.05, 0) is 24.3 Å². The van der Waals surface area contributed by atoms with Gasteiger partial charge in [0.1, 0.15) is 5.69 Å². The predicted molar refractivity (Wildman–Crippen MR) is 116 cm³/mol. The number of fused-ring (bicyclic) bond motifs is 2. The lowest BCUT2D eigenvalue weighted by atomic mass is 10.0. The van der Waals surface area contributed by atoms with Crippen molar-refractivity contribution in [3.05, 3.63) is 91.6 Å². The molecular weight excluding hydrogens is 358 g/mol. The second-order valence-corrected chi connectivity index (χ2v) is 7.04. The number of pyridine rings is 1. The minimum Gasteiger partial charge on any atom is -0.366 e. The first kappa shape index (κ1) is 15.9. The molecule has 2 aromatic carbocycles. The molecule has 2 N–H and O–H groups in total. The molecule has 6 rings (SSSR count). The third-order valence-corrected chi connectivity index (χ3v) is 5.40. The molecule has 4 aromatic heterocycles. The van der Waals surface area contributed by atoms with Gasteiger partial charge in [-0.25, -0.2) is 0 Å². The van der Waals surface area contributed by atoms with Crippen LogP contribution < -0.4 is 0 Å². The number of benzene rings is 2. The molecule has 0 bridgehead atoms. The van der Waals surface area contributed by atoms with E-state index in [9.17, 15) is 0 Å². The zero-order valence-corrected chi connectivity index (χ0v) is 15.5. The van der Waals surface area contributed by atoms with Crippen LogP contribution in [0.1, 0.15) is 0 Å². The number of nitrogens with one attached hydrogen (secondary N) is 2. The second kappa shape index (κ2) is 6.21. The lowest BCUT2D eigenvalue weighted by Gasteiger charge is -2.03. The van der Waals surface area contributed by atoms with Crippen LogP contribution in [0.2, 0.25) is 0 Å². The molecule has 0 atom stereocenters. The maximum absolute atomic E-state index is 4.61. The molecule has 0 aliphatic rings. The highest BCUT2D eigenvalue weighted by molar-refractivity contribution is 6.03. The summed E-state index contributed by atoms with van der Waals surface area (Å²) in [5.41, 5.74) is 7.54. The molecule has 5 nitrogen and oxygen atoms in total. The fraction of sp³-hybridized carbons (Fsp3) is 0. The summed E-state index contributed by atoms with van der Waals surface area (Å²) < 4.78 is 2.19. The van der Waals surface area contributed by atoms with E-state index in [0.29, 0.717) is 0 Å². The van der Waals surface area contributed by atoms with E-state index in [0.717, 1.165) is 44.5 Å². The van der Waals surface area contributed by atoms with Gasteiger partial charge in [-0.2, -0.15) is 5.10 Å². The first-order valence-electron chi connectivity index (χ1n) is 9.51. The molecule has 5 heteroatoms. The number of H-pyrrole nitrogens is 2. The molecule has 4 heterocycles. The standard InChI is InChI=1S/C24H17N5/c1-3-9-22-18(8-1)24(28-27-22)20-14-26-13-19(20)21-15-29(16-6-5-11-25-12-16)23-10-4-2-7-17(21)23/h1-15,26H,(H,27,28). The van der Waals surface area contributed by atoms with Gasteiger partial charge in [-0.1, -0.05) is 36.4 Å². The van der Waals surface area contributed by atoms with Crippen LogP contribution in [0.4, 0.5) is 0 Å². The maximum Gasteiger partial charge on any atom is 0.102 e. The molecule has 6 aromatic rings. The van der Waals surface area contributed by atoms with Crippen molar-refractivity contribution in [1.82, 2.24) is 24.7 Å². The van der Waals surface area contributed by atoms with E-state index in [4.69, 9.17) is 0 Å². The van der Waals surface area contributed by atoms with E-state index < -0.39 is 0 Å². The summed E-state index contributed by atoms with van der Waals surface area (Å²) in [6.07, 6.45) is 9.93. The molecule has 0 saturated heterocycles. The molecule has 0 radical (unpaired) electrons. The van der Waals surface area contributed by atoms with Crippen molar-refractivity contribution in [2.24, 2.45) is 0 Å². The van der Waals surface area contributed by atoms with Crippen molar-refractivity contribution in [2.45, 2.75) is 0 Å². The third kappa shape index (κ3) is 2.41. The molecule has 29 heavy (non-hydrogen) atoms. The number of hydrogen-bond donors (Lipinski definition) is 2. The van der Waals surface area contributed by atoms with Crippen molar-refractivity contribution < 1.29 is 0 Å². The molecule has 0 unspecified atom stereocenters. The number of para-hydroxylation sites is 2. The van der Waals surface area contributed by atoms with Crippen molar-refractivity contribution in [1.29, 1.82) is 0 Å². The molecule has 0 aliphatic heterocycles. The monoisotopic (exact) mass is 375 g/mol. The zero-order chi connectivity index (χ0) is 19.2. The maximum atomic E-state index is 4.61. The first-order chi connectivity index (χ1) is 14.4. The van der Waals surface area contributed by atoms with E-state index in [1.165, 1.54) is 5.39 Å². The van der Waals surface area contributed by atoms with Gasteiger partial charge in [0.25, 0.3) is 0 Å². The highest BCUT2D eigenvalue weighted by atomic mass is 15.1. The predicted octanol–water partition coefficient (Wildman–Crippen LogP) is 5.56. The van der Waals surface area contributed by atoms with Gasteiger partial charge < -0.3 is 9.55 Å². The first-order valence-corrected chi connectivity index (χ1v) is 9.51. The van der Waals surface area contributed by atoms with Crippen LogP contribution in [0.15, 0.2) is 91.6 Å². The smallest absolute Gasteiger partial charge is 0.102 e. The van der Waals surface area contributed by atoms with E-state index >= 15 is 0 Å². The van der Waals surface area contributed by atoms with Crippen LogP contribution in [-0.4, -0.2) is 24.7 Å². The topological polar surface area (TPSA) is 62.3 Å². The van der Waals surface area contributed by atoms with Crippen molar-refractivity contribution in [3.8, 4) is 28.1 Å². The lowest BCUT2D eigenvalue weighted by Crippen LogP contribution is -1.91. The van der Waals surface area contributed by atoms with Crippen molar-refractivity contribution in [2.75, 3.05) is 0 Å². The quantitative estimate of drug-likeness (QED) is 0.425. The number of hydrogen-bond acceptors (Lipinski definition) is 2. The normalized spacial score (nSPS) is 11.4. The highest BCUT2D eigenvalue weighted by Gasteiger charge is 2.18. The van der Waals surface area contributed by atoms with Crippen molar-refractivity contribution >= 4 is 21.8 Å². The third-order valence-electron chi connectivity index (χ3n) is 5.40. The summed E-state index contributed by atoms with van der Waals surface area (Å²) in [6, 6.07) is 20.7. The number of aromatic amines is 2. The van der Waals surface area contributed by atoms with E-state index in [1.807, 2.05) is 42.9 Å². The summed E-state index contributed by atoms with van der Waals surface area (Å²) in [4.78, 5) is 7.58. The molecule has 0 aliphatic carbocycles. The Balaban J connectivity index is 1.61. The molecule has 138 valence electrons. The molecular formula is C24H17N5. The van der Waals surface area contributed by atoms with E-state index in [-0.39, 0.29) is 0 Å². The summed E-state index contributed by atoms with van der Waals surface area (Å²) in [6.45, 7) is 0. The SMILES string of the molecule is c1cncc(-n2cc(-c3c[nH]cc3-c3n[nH]c4ccccc34)c3ccccc32)c1. The van der Waals surface area contributed by atoms with Gasteiger partial charge in [-0.15, -0.1) is 0 Å². The fourth-order valence-corrected chi connectivity index (χ4v) is 4.06. The van der Waals surface area contributed by atoms with Gasteiger partial charge in [-0.3, -0.25) is 10.1 Å². The largest absolute Gasteiger partial charge is 0.366 e. The Hall–Kier alpha value is -4.12. The van der Waals surface area contributed by atoms with Gasteiger partial charge >= 0.3 is 0 Å². The summed E-state index contributed by atoms with van der Waals surface area (Å²) >= 11 is 0. The Kier molecular flexibility index (Phi) is 3.40. The van der Waals surface area contributed by atoms with E-state index in [1.54, 1.807) is 6.20 Å². The fourth-order valence-electron chi connectivity index (χ4n) is 4.06. The Labute approximate surface area is 166 Å². The van der Waals surface area contributed by atoms with Crippen LogP contribution in [0.25, 0.3) is 49.9 Å². The Morgan fingerprint density at radius 2 is 1.59 bits per heavy atom. The van der Waals surface area contributed by atoms with Crippen LogP contribution in [0.5, 0.6) is 0 Å². The Bertz CT molecular complexity index is 1450. The van der Waals surface area contributed by atoms with Gasteiger partial charge in [0.2, 0.25) is 0 Å². The average molecular weight is 375 g/mol. The van der Waals surface area contributed by atoms with Gasteiger partial charge in [0.05, 0.1) is 22.9 Å². The lowest BCUT2D eigenvalue weighted by molar-refractivity contribution is 1.10. The second-order valence-electron chi connectivity index (χ2n) is 7.04. The zero-order valence-electron chi connectivity index (χ0n) is 15.5. The molecule has 0 amide bonds. The van der Waals surface area contributed by atoms with Crippen LogP contribution in [0, 0.1) is 0 Å². The molecule has 0 fully saturated rings. The van der Waals surface area contributed by atoms with Gasteiger partial charge in [0.15, 0.2) is 0 Å². The van der Waals surface area contributed by atoms with Crippen molar-refractivity contribution in [3.63, 3.8) is 0 Å². The number of aromatic nitrogens is 5. The molecule has 0 spiro atoms. The number of rotatable bonds is 3. The summed E-state index contributed by atoms with van der Waals surface area (Å²) in [7, 11) is 0. The Morgan fingerprint density at radius 1 is 0.759 bits per heavy atom. The highest BCUT2D eigenvalue weighted by Crippen LogP contribution is 2.39. The average Bonchev–Trinajstić information content (AvgIpc) is 3.50. The minimum atomic E-state index is 0.954. The van der Waals surface area contributed by atoms with Crippen LogP contribution in [0.3, 0.4) is 0 Å². The van der Waals surface area contributed by atoms with Gasteiger partial charge in [0, 0.05) is 52.3 Å². The minimum absolute atomic E-state index is 0.954.